The summed E-state index contributed by atoms with van der Waals surface area (Å²) in [5, 5.41) is 12.8. The van der Waals surface area contributed by atoms with Gasteiger partial charge in [0.25, 0.3) is 0 Å². The highest BCUT2D eigenvalue weighted by Gasteiger charge is 2.46. The Morgan fingerprint density at radius 3 is 2.72 bits per heavy atom. The Bertz CT molecular complexity index is 1320. The van der Waals surface area contributed by atoms with E-state index in [1.54, 1.807) is 13.2 Å². The SMILES string of the molecule is COc1cccc(-c2oc(C)nc2CN2CCNC3(CCN(c4nc(C)cc(C#N)n4)CC3)C2=O)c1. The van der Waals surface area contributed by atoms with Gasteiger partial charge in [0.15, 0.2) is 11.7 Å². The number of carbonyl (C=O) groups is 1. The highest BCUT2D eigenvalue weighted by Crippen LogP contribution is 2.32. The van der Waals surface area contributed by atoms with Crippen molar-refractivity contribution in [1.29, 1.82) is 5.26 Å². The van der Waals surface area contributed by atoms with Crippen LogP contribution >= 0.6 is 0 Å². The first-order valence-corrected chi connectivity index (χ1v) is 12.1. The molecule has 0 bridgehead atoms. The highest BCUT2D eigenvalue weighted by molar-refractivity contribution is 5.87. The minimum Gasteiger partial charge on any atom is -0.497 e. The number of amides is 1. The molecule has 10 nitrogen and oxygen atoms in total. The topological polar surface area (TPSA) is 120 Å². The zero-order valence-electron chi connectivity index (χ0n) is 20.7. The average Bonchev–Trinajstić information content (AvgIpc) is 3.26. The molecule has 186 valence electrons. The van der Waals surface area contributed by atoms with Gasteiger partial charge in [-0.3, -0.25) is 4.79 Å². The van der Waals surface area contributed by atoms with E-state index in [0.29, 0.717) is 68.9 Å². The molecule has 2 fully saturated rings. The molecule has 1 N–H and O–H groups in total. The summed E-state index contributed by atoms with van der Waals surface area (Å²) in [6.07, 6.45) is 1.25. The maximum atomic E-state index is 13.8. The summed E-state index contributed by atoms with van der Waals surface area (Å²) in [7, 11) is 1.63. The lowest BCUT2D eigenvalue weighted by Gasteiger charge is -2.46. The van der Waals surface area contributed by atoms with Crippen molar-refractivity contribution in [3.8, 4) is 23.1 Å². The van der Waals surface area contributed by atoms with Gasteiger partial charge in [-0.05, 0) is 38.0 Å². The molecule has 3 aromatic rings. The number of piperidine rings is 1. The molecule has 2 aromatic heterocycles. The van der Waals surface area contributed by atoms with Crippen molar-refractivity contribution in [2.45, 2.75) is 38.8 Å². The molecule has 2 saturated heterocycles. The molecule has 0 atom stereocenters. The van der Waals surface area contributed by atoms with Crippen LogP contribution in [0.25, 0.3) is 11.3 Å². The maximum Gasteiger partial charge on any atom is 0.243 e. The van der Waals surface area contributed by atoms with Crippen LogP contribution in [0.4, 0.5) is 5.95 Å². The largest absolute Gasteiger partial charge is 0.497 e. The minimum absolute atomic E-state index is 0.0773. The van der Waals surface area contributed by atoms with Gasteiger partial charge in [-0.15, -0.1) is 0 Å². The van der Waals surface area contributed by atoms with E-state index in [4.69, 9.17) is 9.15 Å². The summed E-state index contributed by atoms with van der Waals surface area (Å²) in [6, 6.07) is 11.4. The quantitative estimate of drug-likeness (QED) is 0.579. The van der Waals surface area contributed by atoms with Gasteiger partial charge in [0, 0.05) is 44.4 Å². The Balaban J connectivity index is 1.32. The van der Waals surface area contributed by atoms with E-state index >= 15 is 0 Å². The molecule has 10 heteroatoms. The number of benzene rings is 1. The number of aromatic nitrogens is 3. The first-order valence-electron chi connectivity index (χ1n) is 12.1. The lowest BCUT2D eigenvalue weighted by Crippen LogP contribution is -2.67. The third-order valence-corrected chi connectivity index (χ3v) is 6.88. The third kappa shape index (κ3) is 4.50. The second-order valence-corrected chi connectivity index (χ2v) is 9.27. The number of hydrogen-bond acceptors (Lipinski definition) is 9. The number of aryl methyl sites for hydroxylation is 2. The van der Waals surface area contributed by atoms with Gasteiger partial charge in [0.1, 0.15) is 28.7 Å². The fraction of sp³-hybridized carbons (Fsp3) is 0.423. The zero-order chi connectivity index (χ0) is 25.3. The fourth-order valence-electron chi connectivity index (χ4n) is 5.04. The van der Waals surface area contributed by atoms with Crippen LogP contribution in [0.2, 0.25) is 0 Å². The Kier molecular flexibility index (Phi) is 6.33. The number of methoxy groups -OCH3 is 1. The Labute approximate surface area is 209 Å². The average molecular weight is 488 g/mol. The van der Waals surface area contributed by atoms with Crippen LogP contribution in [0.15, 0.2) is 34.7 Å². The van der Waals surface area contributed by atoms with Gasteiger partial charge in [-0.2, -0.15) is 5.26 Å². The second-order valence-electron chi connectivity index (χ2n) is 9.27. The van der Waals surface area contributed by atoms with Crippen LogP contribution in [-0.4, -0.2) is 64.6 Å². The van der Waals surface area contributed by atoms with Crippen molar-refractivity contribution in [2.75, 3.05) is 38.2 Å². The number of carbonyl (C=O) groups excluding carboxylic acids is 1. The van der Waals surface area contributed by atoms with Crippen molar-refractivity contribution in [2.24, 2.45) is 0 Å². The number of oxazole rings is 1. The molecule has 0 radical (unpaired) electrons. The van der Waals surface area contributed by atoms with E-state index in [-0.39, 0.29) is 5.91 Å². The number of rotatable bonds is 5. The predicted molar refractivity (Wildman–Crippen MR) is 132 cm³/mol. The van der Waals surface area contributed by atoms with Crippen LogP contribution in [0.3, 0.4) is 0 Å². The number of nitriles is 1. The maximum absolute atomic E-state index is 13.8. The van der Waals surface area contributed by atoms with Gasteiger partial charge in [-0.25, -0.2) is 15.0 Å². The van der Waals surface area contributed by atoms with E-state index < -0.39 is 5.54 Å². The molecule has 2 aliphatic heterocycles. The highest BCUT2D eigenvalue weighted by atomic mass is 16.5. The van der Waals surface area contributed by atoms with Crippen molar-refractivity contribution < 1.29 is 13.9 Å². The van der Waals surface area contributed by atoms with Crippen molar-refractivity contribution >= 4 is 11.9 Å². The molecule has 4 heterocycles. The van der Waals surface area contributed by atoms with E-state index in [1.807, 2.05) is 43.0 Å². The van der Waals surface area contributed by atoms with Gasteiger partial charge in [0.05, 0.1) is 13.7 Å². The molecular weight excluding hydrogens is 458 g/mol. The van der Waals surface area contributed by atoms with Gasteiger partial charge in [-0.1, -0.05) is 12.1 Å². The molecular formula is C26H29N7O3. The van der Waals surface area contributed by atoms with Crippen LogP contribution in [0.1, 0.15) is 35.8 Å². The molecule has 2 aliphatic rings. The lowest BCUT2D eigenvalue weighted by molar-refractivity contribution is -0.143. The van der Waals surface area contributed by atoms with E-state index in [0.717, 1.165) is 22.7 Å². The predicted octanol–water partition coefficient (Wildman–Crippen LogP) is 2.60. The molecule has 0 aliphatic carbocycles. The third-order valence-electron chi connectivity index (χ3n) is 6.88. The molecule has 1 amide bonds. The second kappa shape index (κ2) is 9.59. The number of nitrogens with zero attached hydrogens (tertiary/aromatic N) is 6. The van der Waals surface area contributed by atoms with E-state index in [1.165, 1.54) is 0 Å². The number of hydrogen-bond donors (Lipinski definition) is 1. The van der Waals surface area contributed by atoms with Crippen LogP contribution in [0, 0.1) is 25.2 Å². The summed E-state index contributed by atoms with van der Waals surface area (Å²) in [6.45, 7) is 6.60. The molecule has 0 saturated carbocycles. The van der Waals surface area contributed by atoms with Crippen molar-refractivity contribution in [3.05, 3.63) is 53.3 Å². The monoisotopic (exact) mass is 487 g/mol. The molecule has 1 aromatic carbocycles. The van der Waals surface area contributed by atoms with Crippen LogP contribution in [0.5, 0.6) is 5.75 Å². The first-order chi connectivity index (χ1) is 17.4. The van der Waals surface area contributed by atoms with Crippen molar-refractivity contribution in [3.63, 3.8) is 0 Å². The summed E-state index contributed by atoms with van der Waals surface area (Å²) >= 11 is 0. The van der Waals surface area contributed by atoms with Crippen molar-refractivity contribution in [1.82, 2.24) is 25.2 Å². The van der Waals surface area contributed by atoms with E-state index in [9.17, 15) is 10.1 Å². The summed E-state index contributed by atoms with van der Waals surface area (Å²) in [5.74, 6) is 2.57. The number of anilines is 1. The smallest absolute Gasteiger partial charge is 0.243 e. The number of piperazine rings is 1. The summed E-state index contributed by atoms with van der Waals surface area (Å²) in [4.78, 5) is 31.2. The normalized spacial score (nSPS) is 17.3. The summed E-state index contributed by atoms with van der Waals surface area (Å²) in [5.41, 5.74) is 2.08. The van der Waals surface area contributed by atoms with Gasteiger partial charge >= 0.3 is 0 Å². The molecule has 1 spiro atoms. The van der Waals surface area contributed by atoms with Gasteiger partial charge < -0.3 is 24.3 Å². The lowest BCUT2D eigenvalue weighted by atomic mass is 9.84. The summed E-state index contributed by atoms with van der Waals surface area (Å²) < 4.78 is 11.3. The fourth-order valence-corrected chi connectivity index (χ4v) is 5.04. The van der Waals surface area contributed by atoms with Crippen LogP contribution < -0.4 is 15.0 Å². The first kappa shape index (κ1) is 23.8. The standard InChI is InChI=1S/C26H29N7O3/c1-17-13-20(15-27)31-25(29-17)32-10-7-26(8-11-32)24(34)33(12-9-28-26)16-22-23(36-18(2)30-22)19-5-4-6-21(14-19)35-3/h4-6,13-14,28H,7-12,16H2,1-3H3. The van der Waals surface area contributed by atoms with Crippen LogP contribution in [-0.2, 0) is 11.3 Å². The number of nitrogens with one attached hydrogen (secondary N) is 1. The van der Waals surface area contributed by atoms with E-state index in [2.05, 4.69) is 31.2 Å². The Hall–Kier alpha value is -3.97. The number of ether oxygens (including phenoxy) is 1. The molecule has 0 unspecified atom stereocenters. The van der Waals surface area contributed by atoms with Gasteiger partial charge in [0.2, 0.25) is 11.9 Å². The Morgan fingerprint density at radius 2 is 1.97 bits per heavy atom. The Morgan fingerprint density at radius 1 is 1.17 bits per heavy atom. The molecule has 36 heavy (non-hydrogen) atoms. The zero-order valence-corrected chi connectivity index (χ0v) is 20.7. The molecule has 5 rings (SSSR count). The minimum atomic E-state index is -0.633.